The maximum Gasteiger partial charge on any atom is 0.192 e. The largest absolute Gasteiger partial charge is 0.394 e. The minimum atomic E-state index is -3.34. The summed E-state index contributed by atoms with van der Waals surface area (Å²) in [7, 11) is 0.240. The molecule has 23 heavy (non-hydrogen) atoms. The third kappa shape index (κ3) is 3.74. The molecule has 1 saturated heterocycles. The second kappa shape index (κ2) is 6.86. The number of sulfone groups is 1. The molecule has 1 fully saturated rings. The number of hydrogen-bond acceptors (Lipinski definition) is 7. The van der Waals surface area contributed by atoms with E-state index in [0.717, 1.165) is 0 Å². The standard InChI is InChI=1S/C14H26N4O4S/c1-11-7-22-10-14(9-19,17(11)2)8-15-5-12-6-16-18(3)13(12)23(4,20)21/h6,11,15,19H,5,7-10H2,1-4H3/t11-,14+/m1/s1. The summed E-state index contributed by atoms with van der Waals surface area (Å²) in [6, 6.07) is 0.211. The van der Waals surface area contributed by atoms with Crippen molar-refractivity contribution >= 4 is 9.84 Å². The number of aromatic nitrogens is 2. The maximum atomic E-state index is 11.9. The van der Waals surface area contributed by atoms with E-state index in [1.54, 1.807) is 13.2 Å². The lowest BCUT2D eigenvalue weighted by Gasteiger charge is -2.47. The number of likely N-dealkylation sites (N-methyl/N-ethyl adjacent to an activating group) is 1. The highest BCUT2D eigenvalue weighted by Gasteiger charge is 2.40. The maximum absolute atomic E-state index is 11.9. The van der Waals surface area contributed by atoms with Gasteiger partial charge in [0.2, 0.25) is 0 Å². The van der Waals surface area contributed by atoms with Gasteiger partial charge in [0.05, 0.1) is 31.6 Å². The van der Waals surface area contributed by atoms with Gasteiger partial charge in [-0.2, -0.15) is 5.10 Å². The quantitative estimate of drug-likeness (QED) is 0.681. The average Bonchev–Trinajstić information content (AvgIpc) is 2.84. The number of nitrogens with zero attached hydrogens (tertiary/aromatic N) is 3. The van der Waals surface area contributed by atoms with E-state index in [1.807, 2.05) is 14.0 Å². The summed E-state index contributed by atoms with van der Waals surface area (Å²) in [6.45, 7) is 3.93. The molecule has 0 amide bonds. The average molecular weight is 346 g/mol. The number of ether oxygens (including phenoxy) is 1. The van der Waals surface area contributed by atoms with Crippen LogP contribution in [-0.2, 0) is 28.2 Å². The van der Waals surface area contributed by atoms with E-state index in [9.17, 15) is 13.5 Å². The summed E-state index contributed by atoms with van der Waals surface area (Å²) in [5, 5.41) is 17.3. The Morgan fingerprint density at radius 1 is 1.52 bits per heavy atom. The molecule has 1 aromatic rings. The molecule has 1 aliphatic heterocycles. The van der Waals surface area contributed by atoms with Gasteiger partial charge in [-0.25, -0.2) is 8.42 Å². The number of rotatable bonds is 6. The van der Waals surface area contributed by atoms with Gasteiger partial charge in [0.15, 0.2) is 14.9 Å². The molecule has 2 rings (SSSR count). The normalized spacial score (nSPS) is 26.6. The lowest BCUT2D eigenvalue weighted by Crippen LogP contribution is -2.65. The lowest BCUT2D eigenvalue weighted by molar-refractivity contribution is -0.106. The Bertz CT molecular complexity index is 645. The first kappa shape index (κ1) is 18.3. The van der Waals surface area contributed by atoms with Crippen molar-refractivity contribution in [3.63, 3.8) is 0 Å². The number of aliphatic hydroxyl groups excluding tert-OH is 1. The summed E-state index contributed by atoms with van der Waals surface area (Å²) in [6.07, 6.45) is 2.73. The van der Waals surface area contributed by atoms with E-state index < -0.39 is 15.4 Å². The van der Waals surface area contributed by atoms with Crippen LogP contribution in [0.3, 0.4) is 0 Å². The number of aliphatic hydroxyl groups is 1. The molecule has 2 atom stereocenters. The topological polar surface area (TPSA) is 96.7 Å². The predicted octanol–water partition coefficient (Wildman–Crippen LogP) is -1.01. The van der Waals surface area contributed by atoms with Gasteiger partial charge in [0.25, 0.3) is 0 Å². The first-order chi connectivity index (χ1) is 10.7. The van der Waals surface area contributed by atoms with Crippen LogP contribution in [0.25, 0.3) is 0 Å². The summed E-state index contributed by atoms with van der Waals surface area (Å²) in [4.78, 5) is 2.12. The molecule has 0 aliphatic carbocycles. The monoisotopic (exact) mass is 346 g/mol. The van der Waals surface area contributed by atoms with Crippen LogP contribution < -0.4 is 5.32 Å². The Morgan fingerprint density at radius 2 is 2.22 bits per heavy atom. The Labute approximate surface area is 137 Å². The van der Waals surface area contributed by atoms with Gasteiger partial charge in [0.1, 0.15) is 0 Å². The third-order valence-electron chi connectivity index (χ3n) is 4.51. The fourth-order valence-corrected chi connectivity index (χ4v) is 4.12. The molecular formula is C14H26N4O4S. The summed E-state index contributed by atoms with van der Waals surface area (Å²) in [5.74, 6) is 0. The van der Waals surface area contributed by atoms with Crippen LogP contribution in [0.1, 0.15) is 12.5 Å². The fourth-order valence-electron chi connectivity index (χ4n) is 2.99. The Hall–Kier alpha value is -1.00. The van der Waals surface area contributed by atoms with E-state index in [2.05, 4.69) is 15.3 Å². The molecule has 0 spiro atoms. The first-order valence-electron chi connectivity index (χ1n) is 7.54. The molecular weight excluding hydrogens is 320 g/mol. The van der Waals surface area contributed by atoms with Crippen LogP contribution in [0.5, 0.6) is 0 Å². The smallest absolute Gasteiger partial charge is 0.192 e. The highest BCUT2D eigenvalue weighted by Crippen LogP contribution is 2.22. The van der Waals surface area contributed by atoms with E-state index in [4.69, 9.17) is 4.74 Å². The zero-order valence-electron chi connectivity index (χ0n) is 14.1. The van der Waals surface area contributed by atoms with E-state index >= 15 is 0 Å². The highest BCUT2D eigenvalue weighted by atomic mass is 32.2. The van der Waals surface area contributed by atoms with Gasteiger partial charge in [-0.1, -0.05) is 0 Å². The van der Waals surface area contributed by atoms with Crippen LogP contribution in [0.4, 0.5) is 0 Å². The van der Waals surface area contributed by atoms with Crippen LogP contribution >= 0.6 is 0 Å². The van der Waals surface area contributed by atoms with Crippen molar-refractivity contribution in [2.75, 3.05) is 39.7 Å². The molecule has 8 nitrogen and oxygen atoms in total. The van der Waals surface area contributed by atoms with Crippen LogP contribution in [-0.4, -0.2) is 79.5 Å². The molecule has 0 bridgehead atoms. The summed E-state index contributed by atoms with van der Waals surface area (Å²) >= 11 is 0. The van der Waals surface area contributed by atoms with Crippen molar-refractivity contribution in [3.8, 4) is 0 Å². The number of nitrogens with one attached hydrogen (secondary N) is 1. The van der Waals surface area contributed by atoms with Crippen molar-refractivity contribution < 1.29 is 18.3 Å². The first-order valence-corrected chi connectivity index (χ1v) is 9.43. The second-order valence-corrected chi connectivity index (χ2v) is 8.26. The van der Waals surface area contributed by atoms with Crippen molar-refractivity contribution in [3.05, 3.63) is 11.8 Å². The highest BCUT2D eigenvalue weighted by molar-refractivity contribution is 7.90. The Balaban J connectivity index is 2.07. The van der Waals surface area contributed by atoms with Gasteiger partial charge in [-0.05, 0) is 14.0 Å². The molecule has 1 aromatic heterocycles. The molecule has 132 valence electrons. The lowest BCUT2D eigenvalue weighted by atomic mass is 9.96. The molecule has 2 heterocycles. The zero-order valence-corrected chi connectivity index (χ0v) is 14.9. The predicted molar refractivity (Wildman–Crippen MR) is 85.9 cm³/mol. The molecule has 9 heteroatoms. The number of aryl methyl sites for hydroxylation is 1. The molecule has 1 aliphatic rings. The van der Waals surface area contributed by atoms with Crippen molar-refractivity contribution in [2.45, 2.75) is 30.1 Å². The molecule has 0 unspecified atom stereocenters. The SMILES string of the molecule is C[C@@H]1COC[C@@](CO)(CNCc2cnn(C)c2S(C)(=O)=O)N1C. The number of hydrogen-bond donors (Lipinski definition) is 2. The van der Waals surface area contributed by atoms with Gasteiger partial charge in [-0.3, -0.25) is 9.58 Å². The van der Waals surface area contributed by atoms with E-state index in [-0.39, 0.29) is 17.7 Å². The van der Waals surface area contributed by atoms with E-state index in [1.165, 1.54) is 10.9 Å². The Kier molecular flexibility index (Phi) is 5.47. The van der Waals surface area contributed by atoms with Crippen LogP contribution in [0.15, 0.2) is 11.2 Å². The minimum absolute atomic E-state index is 0.0349. The fraction of sp³-hybridized carbons (Fsp3) is 0.786. The third-order valence-corrected chi connectivity index (χ3v) is 5.74. The van der Waals surface area contributed by atoms with Crippen LogP contribution in [0, 0.1) is 0 Å². The van der Waals surface area contributed by atoms with Crippen molar-refractivity contribution in [1.82, 2.24) is 20.0 Å². The van der Waals surface area contributed by atoms with Gasteiger partial charge in [0, 0.05) is 38.0 Å². The Morgan fingerprint density at radius 3 is 2.83 bits per heavy atom. The van der Waals surface area contributed by atoms with Crippen LogP contribution in [0.2, 0.25) is 0 Å². The summed E-state index contributed by atoms with van der Waals surface area (Å²) in [5.41, 5.74) is 0.112. The molecule has 2 N–H and O–H groups in total. The molecule has 0 radical (unpaired) electrons. The minimum Gasteiger partial charge on any atom is -0.394 e. The van der Waals surface area contributed by atoms with Crippen molar-refractivity contribution in [2.24, 2.45) is 7.05 Å². The van der Waals surface area contributed by atoms with Crippen molar-refractivity contribution in [1.29, 1.82) is 0 Å². The zero-order chi connectivity index (χ0) is 17.3. The van der Waals surface area contributed by atoms with Gasteiger partial charge >= 0.3 is 0 Å². The van der Waals surface area contributed by atoms with E-state index in [0.29, 0.717) is 31.9 Å². The second-order valence-electron chi connectivity index (χ2n) is 6.33. The number of morpholine rings is 1. The van der Waals surface area contributed by atoms with Gasteiger partial charge in [-0.15, -0.1) is 0 Å². The van der Waals surface area contributed by atoms with Gasteiger partial charge < -0.3 is 15.2 Å². The molecule has 0 saturated carbocycles. The summed E-state index contributed by atoms with van der Waals surface area (Å²) < 4.78 is 30.7. The molecule has 0 aromatic carbocycles.